The van der Waals surface area contributed by atoms with Crippen LogP contribution in [-0.4, -0.2) is 36.8 Å². The standard InChI is InChI=1S/C24H28FN5O2/c1-6-17(15-26)20(25)14-16(2)22-21(18-8-10-19(32-5)11-9-18)23(31)30(4)24(29-22)28-13-7-12-27-3/h6,8-11,14,27H,1,7,12-13H2,2-5H3,(H,28,29)/b16-14+,20-17-. The third kappa shape index (κ3) is 5.71. The first-order valence-electron chi connectivity index (χ1n) is 10.1. The highest BCUT2D eigenvalue weighted by atomic mass is 19.1. The topological polar surface area (TPSA) is 92.0 Å². The minimum absolute atomic E-state index is 0.190. The van der Waals surface area contributed by atoms with Gasteiger partial charge in [-0.25, -0.2) is 9.37 Å². The van der Waals surface area contributed by atoms with Gasteiger partial charge in [-0.1, -0.05) is 18.7 Å². The van der Waals surface area contributed by atoms with Crippen LogP contribution < -0.4 is 20.9 Å². The summed E-state index contributed by atoms with van der Waals surface area (Å²) in [7, 11) is 5.06. The average Bonchev–Trinajstić information content (AvgIpc) is 2.80. The van der Waals surface area contributed by atoms with Crippen LogP contribution in [0.5, 0.6) is 5.75 Å². The minimum atomic E-state index is -0.744. The highest BCUT2D eigenvalue weighted by Crippen LogP contribution is 2.28. The molecule has 0 bridgehead atoms. The summed E-state index contributed by atoms with van der Waals surface area (Å²) in [6.07, 6.45) is 3.18. The van der Waals surface area contributed by atoms with Gasteiger partial charge in [-0.15, -0.1) is 0 Å². The van der Waals surface area contributed by atoms with Crippen molar-refractivity contribution in [1.29, 1.82) is 5.26 Å². The Morgan fingerprint density at radius 2 is 2.03 bits per heavy atom. The Morgan fingerprint density at radius 1 is 1.34 bits per heavy atom. The molecule has 7 nitrogen and oxygen atoms in total. The van der Waals surface area contributed by atoms with Crippen molar-refractivity contribution in [2.24, 2.45) is 7.05 Å². The third-order valence-electron chi connectivity index (χ3n) is 4.85. The molecule has 0 spiro atoms. The second-order valence-electron chi connectivity index (χ2n) is 7.04. The van der Waals surface area contributed by atoms with Crippen molar-refractivity contribution in [1.82, 2.24) is 14.9 Å². The zero-order valence-electron chi connectivity index (χ0n) is 18.8. The number of nitrogens with one attached hydrogen (secondary N) is 2. The largest absolute Gasteiger partial charge is 0.497 e. The van der Waals surface area contributed by atoms with Crippen LogP contribution in [-0.2, 0) is 7.05 Å². The van der Waals surface area contributed by atoms with Crippen molar-refractivity contribution >= 4 is 11.5 Å². The summed E-state index contributed by atoms with van der Waals surface area (Å²) in [5.41, 5.74) is 1.21. The van der Waals surface area contributed by atoms with Crippen LogP contribution in [0.4, 0.5) is 10.3 Å². The first-order valence-corrected chi connectivity index (χ1v) is 10.1. The number of nitriles is 1. The molecular formula is C24H28FN5O2. The Kier molecular flexibility index (Phi) is 8.93. The molecule has 0 fully saturated rings. The smallest absolute Gasteiger partial charge is 0.263 e. The van der Waals surface area contributed by atoms with Gasteiger partial charge in [0.15, 0.2) is 0 Å². The molecule has 168 valence electrons. The van der Waals surface area contributed by atoms with Gasteiger partial charge in [0.25, 0.3) is 5.56 Å². The Labute approximate surface area is 187 Å². The summed E-state index contributed by atoms with van der Waals surface area (Å²) >= 11 is 0. The molecule has 2 N–H and O–H groups in total. The quantitative estimate of drug-likeness (QED) is 0.334. The van der Waals surface area contributed by atoms with Gasteiger partial charge in [-0.3, -0.25) is 9.36 Å². The van der Waals surface area contributed by atoms with Gasteiger partial charge < -0.3 is 15.4 Å². The lowest BCUT2D eigenvalue weighted by Crippen LogP contribution is -2.26. The average molecular weight is 438 g/mol. The fourth-order valence-corrected chi connectivity index (χ4v) is 3.06. The number of benzene rings is 1. The maximum Gasteiger partial charge on any atom is 0.263 e. The van der Waals surface area contributed by atoms with Crippen LogP contribution in [0.25, 0.3) is 16.7 Å². The number of methoxy groups -OCH3 is 1. The summed E-state index contributed by atoms with van der Waals surface area (Å²) in [5, 5.41) is 15.3. The lowest BCUT2D eigenvalue weighted by molar-refractivity contribution is 0.415. The van der Waals surface area contributed by atoms with Crippen molar-refractivity contribution in [2.75, 3.05) is 32.6 Å². The Bertz CT molecular complexity index is 1120. The van der Waals surface area contributed by atoms with Crippen molar-refractivity contribution < 1.29 is 9.13 Å². The van der Waals surface area contributed by atoms with Gasteiger partial charge in [-0.05, 0) is 62.4 Å². The highest BCUT2D eigenvalue weighted by Gasteiger charge is 2.18. The van der Waals surface area contributed by atoms with Crippen LogP contribution in [0.1, 0.15) is 19.0 Å². The molecule has 0 radical (unpaired) electrons. The lowest BCUT2D eigenvalue weighted by atomic mass is 10.00. The number of halogens is 1. The van der Waals surface area contributed by atoms with Gasteiger partial charge in [0, 0.05) is 13.6 Å². The predicted octanol–water partition coefficient (Wildman–Crippen LogP) is 3.81. The van der Waals surface area contributed by atoms with Gasteiger partial charge in [-0.2, -0.15) is 5.26 Å². The van der Waals surface area contributed by atoms with E-state index in [4.69, 9.17) is 10.00 Å². The van der Waals surface area contributed by atoms with Crippen LogP contribution in [0.15, 0.2) is 59.2 Å². The highest BCUT2D eigenvalue weighted by molar-refractivity contribution is 5.79. The Morgan fingerprint density at radius 3 is 2.59 bits per heavy atom. The summed E-state index contributed by atoms with van der Waals surface area (Å²) in [6.45, 7) is 6.52. The van der Waals surface area contributed by atoms with Crippen LogP contribution in [0.2, 0.25) is 0 Å². The Balaban J connectivity index is 2.69. The van der Waals surface area contributed by atoms with E-state index >= 15 is 0 Å². The molecule has 1 heterocycles. The van der Waals surface area contributed by atoms with Gasteiger partial charge >= 0.3 is 0 Å². The molecule has 8 heteroatoms. The zero-order chi connectivity index (χ0) is 23.7. The number of allylic oxidation sites excluding steroid dienone is 5. The van der Waals surface area contributed by atoms with E-state index in [1.54, 1.807) is 51.4 Å². The summed E-state index contributed by atoms with van der Waals surface area (Å²) in [5.74, 6) is 0.278. The van der Waals surface area contributed by atoms with Crippen molar-refractivity contribution in [2.45, 2.75) is 13.3 Å². The molecule has 2 rings (SSSR count). The maximum absolute atomic E-state index is 14.6. The zero-order valence-corrected chi connectivity index (χ0v) is 18.8. The van der Waals surface area contributed by atoms with Crippen LogP contribution in [0, 0.1) is 11.3 Å². The number of aromatic nitrogens is 2. The van der Waals surface area contributed by atoms with E-state index < -0.39 is 5.83 Å². The maximum atomic E-state index is 14.6. The predicted molar refractivity (Wildman–Crippen MR) is 126 cm³/mol. The fourth-order valence-electron chi connectivity index (χ4n) is 3.06. The number of nitrogens with zero attached hydrogens (tertiary/aromatic N) is 3. The van der Waals surface area contributed by atoms with Crippen molar-refractivity contribution in [3.63, 3.8) is 0 Å². The molecule has 0 unspecified atom stereocenters. The number of hydrogen-bond acceptors (Lipinski definition) is 6. The monoisotopic (exact) mass is 437 g/mol. The molecule has 1 aromatic heterocycles. The van der Waals surface area contributed by atoms with E-state index in [1.165, 1.54) is 10.6 Å². The fraction of sp³-hybridized carbons (Fsp3) is 0.292. The van der Waals surface area contributed by atoms with E-state index in [2.05, 4.69) is 22.2 Å². The third-order valence-corrected chi connectivity index (χ3v) is 4.85. The molecule has 0 aliphatic rings. The number of ether oxygens (including phenoxy) is 1. The Hall–Kier alpha value is -3.70. The summed E-state index contributed by atoms with van der Waals surface area (Å²) < 4.78 is 21.2. The molecule has 0 saturated carbocycles. The van der Waals surface area contributed by atoms with Crippen molar-refractivity contribution in [3.05, 3.63) is 70.4 Å². The first kappa shape index (κ1) is 24.6. The second kappa shape index (κ2) is 11.6. The molecular weight excluding hydrogens is 409 g/mol. The number of rotatable bonds is 10. The van der Waals surface area contributed by atoms with Crippen molar-refractivity contribution in [3.8, 4) is 22.9 Å². The molecule has 2 aromatic rings. The lowest BCUT2D eigenvalue weighted by Gasteiger charge is -2.16. The SMILES string of the molecule is C=C/C(C#N)=C(F)\C=C(/C)c1nc(NCCCNC)n(C)c(=O)c1-c1ccc(OC)cc1. The normalized spacial score (nSPS) is 12.1. The number of hydrogen-bond donors (Lipinski definition) is 2. The molecule has 0 amide bonds. The molecule has 0 saturated heterocycles. The summed E-state index contributed by atoms with van der Waals surface area (Å²) in [4.78, 5) is 18.0. The minimum Gasteiger partial charge on any atom is -0.497 e. The van der Waals surface area contributed by atoms with Gasteiger partial charge in [0.2, 0.25) is 5.95 Å². The number of anilines is 1. The van der Waals surface area contributed by atoms with Gasteiger partial charge in [0.05, 0.1) is 23.9 Å². The second-order valence-corrected chi connectivity index (χ2v) is 7.04. The van der Waals surface area contributed by atoms with E-state index in [1.807, 2.05) is 7.05 Å². The van der Waals surface area contributed by atoms with Crippen LogP contribution >= 0.6 is 0 Å². The molecule has 0 aliphatic heterocycles. The first-order chi connectivity index (χ1) is 15.4. The van der Waals surface area contributed by atoms with E-state index in [9.17, 15) is 9.18 Å². The van der Waals surface area contributed by atoms with Gasteiger partial charge in [0.1, 0.15) is 17.6 Å². The van der Waals surface area contributed by atoms with E-state index in [0.29, 0.717) is 40.6 Å². The van der Waals surface area contributed by atoms with E-state index in [-0.39, 0.29) is 11.1 Å². The summed E-state index contributed by atoms with van der Waals surface area (Å²) in [6, 6.07) is 8.76. The van der Waals surface area contributed by atoms with Crippen LogP contribution in [0.3, 0.4) is 0 Å². The molecule has 32 heavy (non-hydrogen) atoms. The molecule has 0 aliphatic carbocycles. The molecule has 1 aromatic carbocycles. The van der Waals surface area contributed by atoms with E-state index in [0.717, 1.165) is 19.0 Å². The molecule has 0 atom stereocenters.